The van der Waals surface area contributed by atoms with Crippen molar-refractivity contribution in [1.29, 1.82) is 0 Å². The largest absolute Gasteiger partial charge is 0.480 e. The lowest BCUT2D eigenvalue weighted by Gasteiger charge is -2.33. The van der Waals surface area contributed by atoms with Gasteiger partial charge in [0.2, 0.25) is 0 Å². The molecule has 2 aromatic carbocycles. The number of aromatic nitrogens is 1. The van der Waals surface area contributed by atoms with Crippen LogP contribution < -0.4 is 5.32 Å². The Morgan fingerprint density at radius 2 is 1.96 bits per heavy atom. The minimum absolute atomic E-state index is 0.403. The second-order valence-corrected chi connectivity index (χ2v) is 6.67. The fourth-order valence-electron chi connectivity index (χ4n) is 3.83. The van der Waals surface area contributed by atoms with Crippen LogP contribution in [0.4, 0.5) is 0 Å². The Hall–Kier alpha value is -2.99. The predicted octanol–water partition coefficient (Wildman–Crippen LogP) is 3.19. The summed E-state index contributed by atoms with van der Waals surface area (Å²) in [4.78, 5) is 26.4. The third-order valence-corrected chi connectivity index (χ3v) is 5.12. The fourth-order valence-corrected chi connectivity index (χ4v) is 3.83. The number of carboxylic acid groups (broad SMARTS) is 1. The molecule has 6 heteroatoms. The first kappa shape index (κ1) is 16.5. The molecule has 0 spiro atoms. The number of carbonyl (C=O) groups is 1. The highest BCUT2D eigenvalue weighted by Crippen LogP contribution is 2.32. The van der Waals surface area contributed by atoms with Crippen LogP contribution in [0.5, 0.6) is 0 Å². The zero-order valence-electron chi connectivity index (χ0n) is 14.1. The van der Waals surface area contributed by atoms with Gasteiger partial charge in [-0.25, -0.2) is 0 Å². The number of aliphatic carboxylic acids is 1. The smallest absolute Gasteiger partial charge is 0.321 e. The van der Waals surface area contributed by atoms with Crippen molar-refractivity contribution in [1.82, 2.24) is 10.3 Å². The molecule has 0 radical (unpaired) electrons. The second-order valence-electron chi connectivity index (χ2n) is 6.67. The Balaban J connectivity index is 1.69. The molecule has 6 nitrogen and oxygen atoms in total. The fraction of sp³-hybridized carbons (Fsp3) is 0.250. The third kappa shape index (κ3) is 2.88. The molecule has 0 amide bonds. The van der Waals surface area contributed by atoms with E-state index >= 15 is 0 Å². The van der Waals surface area contributed by atoms with Crippen LogP contribution in [0.3, 0.4) is 0 Å². The van der Waals surface area contributed by atoms with E-state index in [0.717, 1.165) is 27.6 Å². The van der Waals surface area contributed by atoms with Crippen LogP contribution >= 0.6 is 0 Å². The molecule has 0 aliphatic carbocycles. The molecule has 3 aromatic rings. The first-order valence-electron chi connectivity index (χ1n) is 8.61. The Bertz CT molecular complexity index is 966. The average Bonchev–Trinajstić information content (AvgIpc) is 3.08. The summed E-state index contributed by atoms with van der Waals surface area (Å²) in [5, 5.41) is 17.0. The summed E-state index contributed by atoms with van der Waals surface area (Å²) in [7, 11) is 0. The standard InChI is InChI=1S/C20H19N3O3/c24-20(25)18-9-12-5-1-2-7-15(12)19(22-18)17(23-26)10-13-11-21-16-8-4-3-6-14(13)16/h1-8,11,17-19,21-22H,9-10H2,(H,24,25). The maximum atomic E-state index is 11.7. The van der Waals surface area contributed by atoms with Crippen molar-refractivity contribution in [2.24, 2.45) is 5.18 Å². The number of carboxylic acids is 1. The molecule has 2 heterocycles. The quantitative estimate of drug-likeness (QED) is 0.617. The van der Waals surface area contributed by atoms with Crippen LogP contribution in [-0.4, -0.2) is 28.1 Å². The van der Waals surface area contributed by atoms with Crippen molar-refractivity contribution >= 4 is 16.9 Å². The highest BCUT2D eigenvalue weighted by Gasteiger charge is 2.35. The maximum absolute atomic E-state index is 11.7. The highest BCUT2D eigenvalue weighted by molar-refractivity contribution is 5.83. The summed E-state index contributed by atoms with van der Waals surface area (Å²) in [6.45, 7) is 0. The van der Waals surface area contributed by atoms with Gasteiger partial charge in [-0.3, -0.25) is 10.1 Å². The van der Waals surface area contributed by atoms with Gasteiger partial charge in [-0.15, -0.1) is 0 Å². The second kappa shape index (κ2) is 6.72. The number of rotatable bonds is 5. The molecule has 3 unspecified atom stereocenters. The Kier molecular flexibility index (Phi) is 4.26. The van der Waals surface area contributed by atoms with Gasteiger partial charge < -0.3 is 10.1 Å². The van der Waals surface area contributed by atoms with E-state index in [1.54, 1.807) is 0 Å². The van der Waals surface area contributed by atoms with Gasteiger partial charge in [0.05, 0.1) is 6.04 Å². The number of nitrogens with zero attached hydrogens (tertiary/aromatic N) is 1. The topological polar surface area (TPSA) is 94.5 Å². The summed E-state index contributed by atoms with van der Waals surface area (Å²) in [5.74, 6) is -0.916. The molecule has 1 aliphatic rings. The number of H-pyrrole nitrogens is 1. The molecule has 0 saturated carbocycles. The van der Waals surface area contributed by atoms with Crippen molar-refractivity contribution in [3.8, 4) is 0 Å². The van der Waals surface area contributed by atoms with E-state index in [1.165, 1.54) is 0 Å². The van der Waals surface area contributed by atoms with Gasteiger partial charge in [-0.2, -0.15) is 4.91 Å². The molecular weight excluding hydrogens is 330 g/mol. The van der Waals surface area contributed by atoms with Gasteiger partial charge >= 0.3 is 5.97 Å². The van der Waals surface area contributed by atoms with E-state index in [2.05, 4.69) is 15.5 Å². The summed E-state index contributed by atoms with van der Waals surface area (Å²) in [5.41, 5.74) is 3.92. The van der Waals surface area contributed by atoms with Crippen LogP contribution in [-0.2, 0) is 17.6 Å². The minimum Gasteiger partial charge on any atom is -0.480 e. The number of fused-ring (bicyclic) bond motifs is 2. The van der Waals surface area contributed by atoms with E-state index in [4.69, 9.17) is 0 Å². The first-order valence-corrected chi connectivity index (χ1v) is 8.61. The van der Waals surface area contributed by atoms with Gasteiger partial charge in [0.1, 0.15) is 12.1 Å². The molecule has 26 heavy (non-hydrogen) atoms. The molecule has 4 rings (SSSR count). The molecule has 3 N–H and O–H groups in total. The molecule has 0 bridgehead atoms. The highest BCUT2D eigenvalue weighted by atomic mass is 16.4. The predicted molar refractivity (Wildman–Crippen MR) is 99.0 cm³/mol. The summed E-state index contributed by atoms with van der Waals surface area (Å²) in [6.07, 6.45) is 2.73. The molecule has 1 aliphatic heterocycles. The normalized spacial score (nSPS) is 20.5. The van der Waals surface area contributed by atoms with Gasteiger partial charge in [0.25, 0.3) is 0 Å². The van der Waals surface area contributed by atoms with E-state index in [0.29, 0.717) is 12.8 Å². The monoisotopic (exact) mass is 349 g/mol. The third-order valence-electron chi connectivity index (χ3n) is 5.12. The number of benzene rings is 2. The SMILES string of the molecule is O=NC(Cc1c[nH]c2ccccc12)C1NC(C(=O)O)Cc2ccccc21. The van der Waals surface area contributed by atoms with Crippen molar-refractivity contribution in [2.45, 2.75) is 31.0 Å². The molecule has 0 fully saturated rings. The summed E-state index contributed by atoms with van der Waals surface area (Å²) < 4.78 is 0. The van der Waals surface area contributed by atoms with E-state index in [-0.39, 0.29) is 0 Å². The summed E-state index contributed by atoms with van der Waals surface area (Å²) in [6, 6.07) is 13.8. The zero-order chi connectivity index (χ0) is 18.1. The van der Waals surface area contributed by atoms with Crippen molar-refractivity contribution in [3.63, 3.8) is 0 Å². The van der Waals surface area contributed by atoms with Crippen molar-refractivity contribution in [2.75, 3.05) is 0 Å². The number of nitroso groups, excluding NO2 is 1. The number of hydrogen-bond donors (Lipinski definition) is 3. The van der Waals surface area contributed by atoms with Crippen LogP contribution in [0, 0.1) is 4.91 Å². The molecule has 0 saturated heterocycles. The van der Waals surface area contributed by atoms with Gasteiger partial charge in [-0.1, -0.05) is 47.6 Å². The van der Waals surface area contributed by atoms with E-state index in [1.807, 2.05) is 54.7 Å². The van der Waals surface area contributed by atoms with Crippen LogP contribution in [0.1, 0.15) is 22.7 Å². The van der Waals surface area contributed by atoms with E-state index < -0.39 is 24.1 Å². The number of hydrogen-bond acceptors (Lipinski definition) is 4. The Morgan fingerprint density at radius 3 is 2.77 bits per heavy atom. The lowest BCUT2D eigenvalue weighted by Crippen LogP contribution is -2.48. The lowest BCUT2D eigenvalue weighted by molar-refractivity contribution is -0.139. The van der Waals surface area contributed by atoms with Crippen LogP contribution in [0.25, 0.3) is 10.9 Å². The summed E-state index contributed by atoms with van der Waals surface area (Å²) >= 11 is 0. The van der Waals surface area contributed by atoms with Gasteiger partial charge in [-0.05, 0) is 29.2 Å². The first-order chi connectivity index (χ1) is 12.7. The van der Waals surface area contributed by atoms with Crippen molar-refractivity contribution < 1.29 is 9.90 Å². The number of para-hydroxylation sites is 1. The molecule has 1 aromatic heterocycles. The van der Waals surface area contributed by atoms with Crippen LogP contribution in [0.2, 0.25) is 0 Å². The molecule has 3 atom stereocenters. The number of aromatic amines is 1. The van der Waals surface area contributed by atoms with E-state index in [9.17, 15) is 14.8 Å². The molecular formula is C20H19N3O3. The average molecular weight is 349 g/mol. The Labute approximate surface area is 150 Å². The minimum atomic E-state index is -0.916. The lowest BCUT2D eigenvalue weighted by atomic mass is 9.85. The Morgan fingerprint density at radius 1 is 1.19 bits per heavy atom. The van der Waals surface area contributed by atoms with Gasteiger partial charge in [0, 0.05) is 23.5 Å². The number of nitrogens with one attached hydrogen (secondary N) is 2. The van der Waals surface area contributed by atoms with Crippen molar-refractivity contribution in [3.05, 3.63) is 76.3 Å². The van der Waals surface area contributed by atoms with Gasteiger partial charge in [0.15, 0.2) is 0 Å². The maximum Gasteiger partial charge on any atom is 0.321 e. The zero-order valence-corrected chi connectivity index (χ0v) is 14.1. The van der Waals surface area contributed by atoms with Crippen LogP contribution in [0.15, 0.2) is 59.9 Å². The molecule has 132 valence electrons.